The number of pyridine rings is 1. The van der Waals surface area contributed by atoms with Gasteiger partial charge in [-0.25, -0.2) is 13.4 Å². The minimum absolute atomic E-state index is 0.235. The van der Waals surface area contributed by atoms with Crippen LogP contribution in [0.25, 0.3) is 16.9 Å². The molecule has 3 heterocycles. The summed E-state index contributed by atoms with van der Waals surface area (Å²) in [5, 5.41) is 4.30. The second-order valence-corrected chi connectivity index (χ2v) is 8.71. The number of anilines is 1. The number of benzene rings is 1. The van der Waals surface area contributed by atoms with Crippen LogP contribution in [-0.2, 0) is 16.6 Å². The van der Waals surface area contributed by atoms with E-state index in [1.807, 2.05) is 54.9 Å². The number of nitrogens with zero attached hydrogens (tertiary/aromatic N) is 4. The van der Waals surface area contributed by atoms with Gasteiger partial charge in [0.1, 0.15) is 10.5 Å². The number of aryl methyl sites for hydroxylation is 3. The number of sulfonamides is 1. The summed E-state index contributed by atoms with van der Waals surface area (Å²) in [4.78, 5) is 4.88. The quantitative estimate of drug-likeness (QED) is 0.541. The third-order valence-electron chi connectivity index (χ3n) is 4.93. The van der Waals surface area contributed by atoms with Crippen molar-refractivity contribution < 1.29 is 8.42 Å². The lowest BCUT2D eigenvalue weighted by Crippen LogP contribution is -2.15. The average Bonchev–Trinajstić information content (AvgIpc) is 3.21. The summed E-state index contributed by atoms with van der Waals surface area (Å²) in [5.41, 5.74) is 5.40. The van der Waals surface area contributed by atoms with E-state index in [1.165, 1.54) is 0 Å². The molecule has 29 heavy (non-hydrogen) atoms. The van der Waals surface area contributed by atoms with Gasteiger partial charge >= 0.3 is 0 Å². The summed E-state index contributed by atoms with van der Waals surface area (Å²) in [7, 11) is -3.72. The Labute approximate surface area is 170 Å². The lowest BCUT2D eigenvalue weighted by molar-refractivity contribution is 0.598. The van der Waals surface area contributed by atoms with Crippen molar-refractivity contribution in [2.75, 3.05) is 4.72 Å². The number of imidazole rings is 1. The molecule has 8 heteroatoms. The van der Waals surface area contributed by atoms with Gasteiger partial charge in [-0.15, -0.1) is 0 Å². The van der Waals surface area contributed by atoms with Crippen LogP contribution in [0.5, 0.6) is 0 Å². The van der Waals surface area contributed by atoms with Gasteiger partial charge in [0, 0.05) is 30.2 Å². The Morgan fingerprint density at radius 2 is 1.79 bits per heavy atom. The molecule has 0 bridgehead atoms. The molecule has 0 aliphatic carbocycles. The van der Waals surface area contributed by atoms with Crippen molar-refractivity contribution in [1.29, 1.82) is 0 Å². The standard InChI is InChI=1S/C21H23N5O2S/c1-5-26-16(4)21(15(3)23-26)29(27,28)24-18-8-6-17(7-9-18)19-13-25-11-10-14(2)12-20(25)22-19/h6-13,24H,5H2,1-4H3. The van der Waals surface area contributed by atoms with Gasteiger partial charge in [0.25, 0.3) is 10.0 Å². The SMILES string of the molecule is CCn1nc(C)c(S(=O)(=O)Nc2ccc(-c3cn4ccc(C)cc4n3)cc2)c1C. The summed E-state index contributed by atoms with van der Waals surface area (Å²) in [6.07, 6.45) is 3.94. The molecule has 1 N–H and O–H groups in total. The minimum atomic E-state index is -3.72. The first-order valence-electron chi connectivity index (χ1n) is 9.41. The fourth-order valence-electron chi connectivity index (χ4n) is 3.52. The average molecular weight is 410 g/mol. The van der Waals surface area contributed by atoms with Crippen LogP contribution in [0.4, 0.5) is 5.69 Å². The molecule has 4 rings (SSSR count). The maximum atomic E-state index is 12.9. The lowest BCUT2D eigenvalue weighted by atomic mass is 10.1. The summed E-state index contributed by atoms with van der Waals surface area (Å²) < 4.78 is 32.1. The summed E-state index contributed by atoms with van der Waals surface area (Å²) >= 11 is 0. The molecular weight excluding hydrogens is 386 g/mol. The number of hydrogen-bond acceptors (Lipinski definition) is 4. The van der Waals surface area contributed by atoms with E-state index in [-0.39, 0.29) is 4.90 Å². The van der Waals surface area contributed by atoms with E-state index >= 15 is 0 Å². The van der Waals surface area contributed by atoms with Crippen LogP contribution < -0.4 is 4.72 Å². The Morgan fingerprint density at radius 1 is 1.07 bits per heavy atom. The van der Waals surface area contributed by atoms with Gasteiger partial charge in [-0.05, 0) is 57.5 Å². The molecule has 0 aliphatic heterocycles. The first-order valence-corrected chi connectivity index (χ1v) is 10.9. The smallest absolute Gasteiger partial charge is 0.265 e. The lowest BCUT2D eigenvalue weighted by Gasteiger charge is -2.09. The van der Waals surface area contributed by atoms with Crippen molar-refractivity contribution >= 4 is 21.4 Å². The van der Waals surface area contributed by atoms with E-state index < -0.39 is 10.0 Å². The Hall–Kier alpha value is -3.13. The van der Waals surface area contributed by atoms with Crippen molar-refractivity contribution in [2.45, 2.75) is 39.1 Å². The Morgan fingerprint density at radius 3 is 2.45 bits per heavy atom. The third kappa shape index (κ3) is 3.51. The molecule has 150 valence electrons. The second kappa shape index (κ2) is 7.04. The normalized spacial score (nSPS) is 11.9. The maximum Gasteiger partial charge on any atom is 0.265 e. The monoisotopic (exact) mass is 409 g/mol. The van der Waals surface area contributed by atoms with E-state index in [0.29, 0.717) is 23.6 Å². The first kappa shape index (κ1) is 19.2. The molecule has 1 aromatic carbocycles. The molecule has 0 saturated carbocycles. The molecule has 0 fully saturated rings. The van der Waals surface area contributed by atoms with Crippen LogP contribution in [-0.4, -0.2) is 27.6 Å². The number of aromatic nitrogens is 4. The molecule has 0 unspecified atom stereocenters. The van der Waals surface area contributed by atoms with Crippen LogP contribution in [0.1, 0.15) is 23.9 Å². The van der Waals surface area contributed by atoms with Gasteiger partial charge in [-0.2, -0.15) is 5.10 Å². The molecule has 0 amide bonds. The third-order valence-corrected chi connectivity index (χ3v) is 6.56. The summed E-state index contributed by atoms with van der Waals surface area (Å²) in [6.45, 7) is 8.06. The fourth-order valence-corrected chi connectivity index (χ4v) is 4.99. The zero-order valence-electron chi connectivity index (χ0n) is 16.8. The van der Waals surface area contributed by atoms with Gasteiger partial charge in [0.15, 0.2) is 0 Å². The number of nitrogens with one attached hydrogen (secondary N) is 1. The van der Waals surface area contributed by atoms with E-state index in [9.17, 15) is 8.42 Å². The topological polar surface area (TPSA) is 81.3 Å². The van der Waals surface area contributed by atoms with Crippen molar-refractivity contribution in [3.63, 3.8) is 0 Å². The molecule has 4 aromatic rings. The molecule has 0 spiro atoms. The molecule has 0 radical (unpaired) electrons. The highest BCUT2D eigenvalue weighted by atomic mass is 32.2. The minimum Gasteiger partial charge on any atom is -0.306 e. The van der Waals surface area contributed by atoms with Crippen LogP contribution >= 0.6 is 0 Å². The van der Waals surface area contributed by atoms with Crippen molar-refractivity contribution in [2.24, 2.45) is 0 Å². The highest BCUT2D eigenvalue weighted by molar-refractivity contribution is 7.92. The van der Waals surface area contributed by atoms with Gasteiger partial charge in [-0.1, -0.05) is 12.1 Å². The number of fused-ring (bicyclic) bond motifs is 1. The van der Waals surface area contributed by atoms with Gasteiger partial charge in [-0.3, -0.25) is 9.40 Å². The highest BCUT2D eigenvalue weighted by Gasteiger charge is 2.24. The molecular formula is C21H23N5O2S. The van der Waals surface area contributed by atoms with Crippen molar-refractivity contribution in [3.8, 4) is 11.3 Å². The summed E-state index contributed by atoms with van der Waals surface area (Å²) in [6, 6.07) is 11.3. The van der Waals surface area contributed by atoms with Gasteiger partial charge in [0.05, 0.1) is 17.1 Å². The van der Waals surface area contributed by atoms with Gasteiger partial charge < -0.3 is 4.40 Å². The number of hydrogen-bond donors (Lipinski definition) is 1. The van der Waals surface area contributed by atoms with Crippen LogP contribution in [0.2, 0.25) is 0 Å². The predicted octanol–water partition coefficient (Wildman–Crippen LogP) is 3.94. The van der Waals surface area contributed by atoms with Crippen LogP contribution in [0.3, 0.4) is 0 Å². The Bertz CT molecular complexity index is 1300. The molecule has 0 saturated heterocycles. The molecule has 0 atom stereocenters. The van der Waals surface area contributed by atoms with E-state index in [2.05, 4.69) is 14.8 Å². The Balaban J connectivity index is 1.61. The van der Waals surface area contributed by atoms with E-state index in [0.717, 1.165) is 22.5 Å². The van der Waals surface area contributed by atoms with Crippen molar-refractivity contribution in [1.82, 2.24) is 19.2 Å². The number of rotatable bonds is 5. The second-order valence-electron chi connectivity index (χ2n) is 7.09. The Kier molecular flexibility index (Phi) is 4.66. The van der Waals surface area contributed by atoms with E-state index in [1.54, 1.807) is 30.7 Å². The largest absolute Gasteiger partial charge is 0.306 e. The van der Waals surface area contributed by atoms with E-state index in [4.69, 9.17) is 0 Å². The van der Waals surface area contributed by atoms with Crippen molar-refractivity contribution in [3.05, 3.63) is 65.7 Å². The molecule has 3 aromatic heterocycles. The summed E-state index contributed by atoms with van der Waals surface area (Å²) in [5.74, 6) is 0. The maximum absolute atomic E-state index is 12.9. The van der Waals surface area contributed by atoms with Crippen LogP contribution in [0, 0.1) is 20.8 Å². The zero-order chi connectivity index (χ0) is 20.8. The highest BCUT2D eigenvalue weighted by Crippen LogP contribution is 2.25. The zero-order valence-corrected chi connectivity index (χ0v) is 17.7. The fraction of sp³-hybridized carbons (Fsp3) is 0.238. The first-order chi connectivity index (χ1) is 13.8. The molecule has 0 aliphatic rings. The van der Waals surface area contributed by atoms with Gasteiger partial charge in [0.2, 0.25) is 0 Å². The van der Waals surface area contributed by atoms with Crippen LogP contribution in [0.15, 0.2) is 53.7 Å². The molecule has 7 nitrogen and oxygen atoms in total. The predicted molar refractivity (Wildman–Crippen MR) is 114 cm³/mol.